The molecular formula is C11H5F5O3. The Labute approximate surface area is 103 Å². The number of hydrogen-bond donors (Lipinski definition) is 0. The van der Waals surface area contributed by atoms with Gasteiger partial charge in [-0.1, -0.05) is 18.2 Å². The lowest BCUT2D eigenvalue weighted by Crippen LogP contribution is -2.10. The molecule has 0 saturated heterocycles. The summed E-state index contributed by atoms with van der Waals surface area (Å²) in [6.45, 7) is 0. The molecule has 0 heterocycles. The van der Waals surface area contributed by atoms with Gasteiger partial charge in [-0.2, -0.15) is 22.0 Å². The summed E-state index contributed by atoms with van der Waals surface area (Å²) in [5, 5.41) is 0. The molecule has 0 spiro atoms. The zero-order valence-electron chi connectivity index (χ0n) is 9.00. The average Bonchev–Trinajstić information content (AvgIpc) is 2.30. The van der Waals surface area contributed by atoms with Crippen molar-refractivity contribution in [2.45, 2.75) is 0 Å². The van der Waals surface area contributed by atoms with Crippen molar-refractivity contribution in [1.29, 1.82) is 0 Å². The zero-order valence-corrected chi connectivity index (χ0v) is 9.00. The maximum absolute atomic E-state index is 12.3. The predicted octanol–water partition coefficient (Wildman–Crippen LogP) is 4.47. The second kappa shape index (κ2) is 6.53. The number of benzene rings is 1. The molecule has 19 heavy (non-hydrogen) atoms. The van der Waals surface area contributed by atoms with E-state index in [1.54, 1.807) is 0 Å². The summed E-state index contributed by atoms with van der Waals surface area (Å²) in [6, 6.07) is 2.55. The first-order valence-electron chi connectivity index (χ1n) is 4.62. The van der Waals surface area contributed by atoms with E-state index in [9.17, 15) is 26.7 Å². The first-order valence-corrected chi connectivity index (χ1v) is 4.62. The van der Waals surface area contributed by atoms with Gasteiger partial charge in [0.15, 0.2) is 0 Å². The summed E-state index contributed by atoms with van der Waals surface area (Å²) < 4.78 is 67.5. The maximum Gasteiger partial charge on any atom is 0.521 e. The second-order valence-corrected chi connectivity index (χ2v) is 2.96. The lowest BCUT2D eigenvalue weighted by atomic mass is 10.2. The Morgan fingerprint density at radius 1 is 1.05 bits per heavy atom. The Bertz CT molecular complexity index is 531. The van der Waals surface area contributed by atoms with Crippen molar-refractivity contribution in [2.24, 2.45) is 0 Å². The largest absolute Gasteiger partial charge is 0.521 e. The standard InChI is InChI=1S/C11H5F5O3/c12-8(13)5-6-3-1-2-4-7(6)18-11(17)19-10(16)9(14)15/h1-5H. The van der Waals surface area contributed by atoms with Crippen LogP contribution in [0.15, 0.2) is 42.4 Å². The van der Waals surface area contributed by atoms with Gasteiger partial charge in [0.25, 0.3) is 6.08 Å². The highest BCUT2D eigenvalue weighted by Gasteiger charge is 2.16. The highest BCUT2D eigenvalue weighted by atomic mass is 19.3. The zero-order chi connectivity index (χ0) is 14.4. The highest BCUT2D eigenvalue weighted by molar-refractivity contribution is 5.68. The van der Waals surface area contributed by atoms with Crippen molar-refractivity contribution >= 4 is 12.2 Å². The highest BCUT2D eigenvalue weighted by Crippen LogP contribution is 2.23. The van der Waals surface area contributed by atoms with Crippen molar-refractivity contribution in [1.82, 2.24) is 0 Å². The molecule has 0 fully saturated rings. The van der Waals surface area contributed by atoms with Gasteiger partial charge in [0.1, 0.15) is 5.75 Å². The summed E-state index contributed by atoms with van der Waals surface area (Å²) in [7, 11) is 0. The van der Waals surface area contributed by atoms with Crippen LogP contribution in [0.25, 0.3) is 6.08 Å². The fourth-order valence-corrected chi connectivity index (χ4v) is 1.03. The first kappa shape index (κ1) is 14.7. The molecule has 102 valence electrons. The van der Waals surface area contributed by atoms with E-state index in [1.807, 2.05) is 0 Å². The van der Waals surface area contributed by atoms with Gasteiger partial charge in [-0.15, -0.1) is 0 Å². The van der Waals surface area contributed by atoms with Crippen molar-refractivity contribution in [3.63, 3.8) is 0 Å². The fraction of sp³-hybridized carbons (Fsp3) is 0. The molecule has 1 rings (SSSR count). The minimum atomic E-state index is -2.85. The minimum absolute atomic E-state index is 0.204. The van der Waals surface area contributed by atoms with E-state index in [-0.39, 0.29) is 5.56 Å². The van der Waals surface area contributed by atoms with E-state index in [0.29, 0.717) is 6.08 Å². The first-order chi connectivity index (χ1) is 8.90. The van der Waals surface area contributed by atoms with E-state index in [1.165, 1.54) is 18.2 Å². The summed E-state index contributed by atoms with van der Waals surface area (Å²) in [6.07, 6.45) is -6.35. The van der Waals surface area contributed by atoms with Gasteiger partial charge in [0, 0.05) is 11.6 Å². The Hall–Kier alpha value is -2.38. The quantitative estimate of drug-likeness (QED) is 0.354. The van der Waals surface area contributed by atoms with Crippen LogP contribution in [0.3, 0.4) is 0 Å². The van der Waals surface area contributed by atoms with Crippen LogP contribution in [0, 0.1) is 0 Å². The van der Waals surface area contributed by atoms with Gasteiger partial charge in [0.2, 0.25) is 0 Å². The normalized spacial score (nSPS) is 9.53. The number of carbonyl (C=O) groups excluding carboxylic acids is 1. The van der Waals surface area contributed by atoms with E-state index < -0.39 is 30.1 Å². The van der Waals surface area contributed by atoms with Crippen LogP contribution in [0.4, 0.5) is 26.7 Å². The van der Waals surface area contributed by atoms with Gasteiger partial charge in [0.05, 0.1) is 0 Å². The average molecular weight is 280 g/mol. The predicted molar refractivity (Wildman–Crippen MR) is 54.1 cm³/mol. The number of carbonyl (C=O) groups is 1. The molecule has 0 amide bonds. The van der Waals surface area contributed by atoms with Crippen LogP contribution in [-0.2, 0) is 4.74 Å². The van der Waals surface area contributed by atoms with Crippen LogP contribution in [0.5, 0.6) is 5.75 Å². The summed E-state index contributed by atoms with van der Waals surface area (Å²) in [4.78, 5) is 10.9. The monoisotopic (exact) mass is 280 g/mol. The van der Waals surface area contributed by atoms with Gasteiger partial charge in [-0.05, 0) is 6.07 Å². The SMILES string of the molecule is O=C(OC(F)=C(F)F)Oc1ccccc1C=C(F)F. The molecule has 0 bridgehead atoms. The lowest BCUT2D eigenvalue weighted by Gasteiger charge is -2.06. The molecule has 0 unspecified atom stereocenters. The molecule has 1 aromatic rings. The maximum atomic E-state index is 12.3. The third-order valence-corrected chi connectivity index (χ3v) is 1.70. The van der Waals surface area contributed by atoms with E-state index >= 15 is 0 Å². The van der Waals surface area contributed by atoms with Crippen molar-refractivity contribution < 1.29 is 36.2 Å². The molecule has 0 radical (unpaired) electrons. The Kier molecular flexibility index (Phi) is 5.04. The van der Waals surface area contributed by atoms with Crippen LogP contribution in [-0.4, -0.2) is 6.16 Å². The molecule has 0 aliphatic rings. The summed E-state index contributed by atoms with van der Waals surface area (Å²) >= 11 is 0. The van der Waals surface area contributed by atoms with Crippen LogP contribution in [0.1, 0.15) is 5.56 Å². The van der Waals surface area contributed by atoms with E-state index in [0.717, 1.165) is 6.07 Å². The lowest BCUT2D eigenvalue weighted by molar-refractivity contribution is 0.0948. The second-order valence-electron chi connectivity index (χ2n) is 2.96. The Morgan fingerprint density at radius 2 is 1.68 bits per heavy atom. The number of halogens is 5. The number of hydrogen-bond acceptors (Lipinski definition) is 3. The third kappa shape index (κ3) is 4.78. The van der Waals surface area contributed by atoms with Crippen LogP contribution < -0.4 is 4.74 Å². The van der Waals surface area contributed by atoms with E-state index in [2.05, 4.69) is 9.47 Å². The van der Waals surface area contributed by atoms with Gasteiger partial charge in [-0.3, -0.25) is 0 Å². The number of rotatable bonds is 3. The summed E-state index contributed by atoms with van der Waals surface area (Å²) in [5.41, 5.74) is -0.204. The minimum Gasteiger partial charge on any atom is -0.394 e. The number of para-hydroxylation sites is 1. The molecule has 3 nitrogen and oxygen atoms in total. The molecule has 0 aliphatic heterocycles. The smallest absolute Gasteiger partial charge is 0.394 e. The molecule has 1 aromatic carbocycles. The molecule has 0 atom stereocenters. The van der Waals surface area contributed by atoms with Gasteiger partial charge >= 0.3 is 18.2 Å². The van der Waals surface area contributed by atoms with Crippen LogP contribution in [0.2, 0.25) is 0 Å². The summed E-state index contributed by atoms with van der Waals surface area (Å²) in [5.74, 6) is -0.396. The molecule has 0 saturated carbocycles. The number of ether oxygens (including phenoxy) is 2. The third-order valence-electron chi connectivity index (χ3n) is 1.70. The molecule has 0 aromatic heterocycles. The molecular weight excluding hydrogens is 275 g/mol. The van der Waals surface area contributed by atoms with E-state index in [4.69, 9.17) is 0 Å². The molecule has 0 aliphatic carbocycles. The van der Waals surface area contributed by atoms with Gasteiger partial charge < -0.3 is 9.47 Å². The fourth-order valence-electron chi connectivity index (χ4n) is 1.03. The Morgan fingerprint density at radius 3 is 2.26 bits per heavy atom. The van der Waals surface area contributed by atoms with Crippen LogP contribution >= 0.6 is 0 Å². The Balaban J connectivity index is 2.86. The van der Waals surface area contributed by atoms with Crippen molar-refractivity contribution in [3.05, 3.63) is 48.0 Å². The molecule has 8 heteroatoms. The van der Waals surface area contributed by atoms with Crippen molar-refractivity contribution in [3.8, 4) is 5.75 Å². The molecule has 0 N–H and O–H groups in total. The van der Waals surface area contributed by atoms with Gasteiger partial charge in [-0.25, -0.2) is 4.79 Å². The topological polar surface area (TPSA) is 35.5 Å². The van der Waals surface area contributed by atoms with Crippen molar-refractivity contribution in [2.75, 3.05) is 0 Å².